The topological polar surface area (TPSA) is 81.5 Å². The number of halogens is 1. The standard InChI is InChI=1S/C28H30FN3O4/c1-16(2)28(35)36-26-23(33)14-30-32-22(15-31(17(3)4)27(34)25(26)32)24(19-9-6-8-18(5)12-19)20-10-7-11-21(29)13-20/h6-14,16-17,22,24H,15H2,1-5H3. The fourth-order valence-corrected chi connectivity index (χ4v) is 4.61. The minimum atomic E-state index is -0.647. The lowest BCUT2D eigenvalue weighted by Crippen LogP contribution is -2.50. The van der Waals surface area contributed by atoms with Gasteiger partial charge in [0.15, 0.2) is 5.69 Å². The number of hydrogen-bond donors (Lipinski definition) is 0. The van der Waals surface area contributed by atoms with Crippen LogP contribution in [0.25, 0.3) is 0 Å². The van der Waals surface area contributed by atoms with Crippen molar-refractivity contribution in [3.05, 3.63) is 93.2 Å². The van der Waals surface area contributed by atoms with E-state index in [1.165, 1.54) is 16.8 Å². The van der Waals surface area contributed by atoms with Crippen molar-refractivity contribution in [1.82, 2.24) is 14.7 Å². The van der Waals surface area contributed by atoms with E-state index in [4.69, 9.17) is 4.74 Å². The van der Waals surface area contributed by atoms with E-state index in [1.807, 2.05) is 51.1 Å². The molecule has 1 amide bonds. The van der Waals surface area contributed by atoms with Crippen molar-refractivity contribution >= 4 is 11.9 Å². The maximum atomic E-state index is 14.4. The van der Waals surface area contributed by atoms with Crippen molar-refractivity contribution in [3.8, 4) is 5.75 Å². The van der Waals surface area contributed by atoms with E-state index >= 15 is 0 Å². The van der Waals surface area contributed by atoms with Crippen LogP contribution in [-0.2, 0) is 4.79 Å². The Balaban J connectivity index is 1.98. The molecule has 2 heterocycles. The summed E-state index contributed by atoms with van der Waals surface area (Å²) < 4.78 is 21.3. The summed E-state index contributed by atoms with van der Waals surface area (Å²) in [5.74, 6) is -2.67. The van der Waals surface area contributed by atoms with Crippen molar-refractivity contribution in [2.45, 2.75) is 52.6 Å². The molecule has 0 N–H and O–H groups in total. The molecule has 0 radical (unpaired) electrons. The van der Waals surface area contributed by atoms with Gasteiger partial charge in [-0.05, 0) is 44.0 Å². The Morgan fingerprint density at radius 1 is 1.06 bits per heavy atom. The molecule has 8 heteroatoms. The fourth-order valence-electron chi connectivity index (χ4n) is 4.61. The molecule has 3 aromatic rings. The molecule has 2 unspecified atom stereocenters. The van der Waals surface area contributed by atoms with Crippen LogP contribution in [0.3, 0.4) is 0 Å². The van der Waals surface area contributed by atoms with Gasteiger partial charge >= 0.3 is 5.97 Å². The molecule has 4 rings (SSSR count). The molecule has 0 saturated carbocycles. The van der Waals surface area contributed by atoms with E-state index in [-0.39, 0.29) is 29.8 Å². The number of amides is 1. The molecule has 7 nitrogen and oxygen atoms in total. The van der Waals surface area contributed by atoms with Crippen molar-refractivity contribution in [3.63, 3.8) is 0 Å². The molecule has 0 aliphatic carbocycles. The van der Waals surface area contributed by atoms with E-state index in [0.29, 0.717) is 5.56 Å². The highest BCUT2D eigenvalue weighted by Gasteiger charge is 2.41. The molecule has 0 bridgehead atoms. The molecule has 1 aromatic heterocycles. The summed E-state index contributed by atoms with van der Waals surface area (Å²) in [6.07, 6.45) is 1.07. The van der Waals surface area contributed by atoms with Crippen LogP contribution >= 0.6 is 0 Å². The molecule has 36 heavy (non-hydrogen) atoms. The SMILES string of the molecule is Cc1cccc(C(c2cccc(F)c2)C2CN(C(C)C)C(=O)c3c(OC(=O)C(C)C)c(=O)cnn32)c1. The summed E-state index contributed by atoms with van der Waals surface area (Å²) in [5, 5.41) is 4.35. The highest BCUT2D eigenvalue weighted by Crippen LogP contribution is 2.40. The average Bonchev–Trinajstić information content (AvgIpc) is 2.82. The second kappa shape index (κ2) is 10.0. The van der Waals surface area contributed by atoms with Gasteiger partial charge in [-0.15, -0.1) is 0 Å². The number of fused-ring (bicyclic) bond motifs is 1. The molecule has 1 aliphatic rings. The second-order valence-electron chi connectivity index (χ2n) is 9.77. The van der Waals surface area contributed by atoms with Gasteiger partial charge in [0.1, 0.15) is 5.82 Å². The Morgan fingerprint density at radius 2 is 1.72 bits per heavy atom. The maximum absolute atomic E-state index is 14.4. The summed E-state index contributed by atoms with van der Waals surface area (Å²) in [4.78, 5) is 40.5. The van der Waals surface area contributed by atoms with Crippen LogP contribution in [0.2, 0.25) is 0 Å². The summed E-state index contributed by atoms with van der Waals surface area (Å²) in [7, 11) is 0. The van der Waals surface area contributed by atoms with Crippen LogP contribution in [0.5, 0.6) is 5.75 Å². The van der Waals surface area contributed by atoms with Crippen molar-refractivity contribution in [1.29, 1.82) is 0 Å². The van der Waals surface area contributed by atoms with Crippen molar-refractivity contribution < 1.29 is 18.7 Å². The zero-order chi connectivity index (χ0) is 26.1. The minimum Gasteiger partial charge on any atom is -0.420 e. The van der Waals surface area contributed by atoms with Gasteiger partial charge in [0.25, 0.3) is 5.91 Å². The van der Waals surface area contributed by atoms with Crippen LogP contribution in [0.1, 0.15) is 66.8 Å². The summed E-state index contributed by atoms with van der Waals surface area (Å²) in [6.45, 7) is 9.30. The molecule has 188 valence electrons. The number of nitrogens with zero attached hydrogens (tertiary/aromatic N) is 3. The number of carbonyl (C=O) groups is 2. The normalized spacial score (nSPS) is 16.3. The Labute approximate surface area is 209 Å². The Bertz CT molecular complexity index is 1320. The number of hydrogen-bond acceptors (Lipinski definition) is 5. The molecule has 0 spiro atoms. The van der Waals surface area contributed by atoms with E-state index in [0.717, 1.165) is 17.3 Å². The van der Waals surface area contributed by atoms with Gasteiger partial charge in [0, 0.05) is 18.5 Å². The summed E-state index contributed by atoms with van der Waals surface area (Å²) in [6, 6.07) is 13.5. The van der Waals surface area contributed by atoms with Gasteiger partial charge in [-0.1, -0.05) is 55.8 Å². The van der Waals surface area contributed by atoms with Gasteiger partial charge in [-0.2, -0.15) is 5.10 Å². The zero-order valence-electron chi connectivity index (χ0n) is 21.1. The third-order valence-corrected chi connectivity index (χ3v) is 6.42. The molecular weight excluding hydrogens is 461 g/mol. The number of aromatic nitrogens is 2. The van der Waals surface area contributed by atoms with Crippen LogP contribution in [0.15, 0.2) is 59.5 Å². The Hall–Kier alpha value is -3.81. The second-order valence-corrected chi connectivity index (χ2v) is 9.77. The smallest absolute Gasteiger partial charge is 0.313 e. The average molecular weight is 492 g/mol. The quantitative estimate of drug-likeness (QED) is 0.475. The van der Waals surface area contributed by atoms with E-state index in [1.54, 1.807) is 24.8 Å². The maximum Gasteiger partial charge on any atom is 0.313 e. The first-order valence-corrected chi connectivity index (χ1v) is 12.0. The number of benzene rings is 2. The first kappa shape index (κ1) is 25.3. The van der Waals surface area contributed by atoms with Crippen molar-refractivity contribution in [2.75, 3.05) is 6.54 Å². The molecule has 0 fully saturated rings. The first-order chi connectivity index (χ1) is 17.1. The Kier molecular flexibility index (Phi) is 7.06. The van der Waals surface area contributed by atoms with Crippen LogP contribution in [0, 0.1) is 18.7 Å². The van der Waals surface area contributed by atoms with Crippen molar-refractivity contribution in [2.24, 2.45) is 5.92 Å². The Morgan fingerprint density at radius 3 is 2.33 bits per heavy atom. The third-order valence-electron chi connectivity index (χ3n) is 6.42. The first-order valence-electron chi connectivity index (χ1n) is 12.0. The lowest BCUT2D eigenvalue weighted by Gasteiger charge is -2.41. The fraction of sp³-hybridized carbons (Fsp3) is 0.357. The van der Waals surface area contributed by atoms with Crippen LogP contribution in [0.4, 0.5) is 4.39 Å². The molecular formula is C28H30FN3O4. The molecule has 2 atom stereocenters. The summed E-state index contributed by atoms with van der Waals surface area (Å²) >= 11 is 0. The van der Waals surface area contributed by atoms with Crippen LogP contribution < -0.4 is 10.2 Å². The van der Waals surface area contributed by atoms with Gasteiger partial charge < -0.3 is 9.64 Å². The minimum absolute atomic E-state index is 0.0736. The predicted octanol–water partition coefficient (Wildman–Crippen LogP) is 4.49. The van der Waals surface area contributed by atoms with E-state index in [9.17, 15) is 18.8 Å². The van der Waals surface area contributed by atoms with Gasteiger partial charge in [0.2, 0.25) is 11.2 Å². The highest BCUT2D eigenvalue weighted by molar-refractivity contribution is 5.97. The van der Waals surface area contributed by atoms with Gasteiger partial charge in [-0.25, -0.2) is 4.39 Å². The number of rotatable bonds is 6. The van der Waals surface area contributed by atoms with Gasteiger partial charge in [0.05, 0.1) is 18.2 Å². The molecule has 1 aliphatic heterocycles. The largest absolute Gasteiger partial charge is 0.420 e. The zero-order valence-corrected chi connectivity index (χ0v) is 21.1. The number of aryl methyl sites for hydroxylation is 1. The van der Waals surface area contributed by atoms with E-state index in [2.05, 4.69) is 5.10 Å². The van der Waals surface area contributed by atoms with Crippen LogP contribution in [-0.4, -0.2) is 39.1 Å². The third kappa shape index (κ3) is 4.80. The summed E-state index contributed by atoms with van der Waals surface area (Å²) in [5.41, 5.74) is 1.93. The number of esters is 1. The molecule has 2 aromatic carbocycles. The molecule has 0 saturated heterocycles. The highest BCUT2D eigenvalue weighted by atomic mass is 19.1. The number of ether oxygens (including phenoxy) is 1. The number of carbonyl (C=O) groups excluding carboxylic acids is 2. The monoisotopic (exact) mass is 491 g/mol. The predicted molar refractivity (Wildman–Crippen MR) is 134 cm³/mol. The van der Waals surface area contributed by atoms with Gasteiger partial charge in [-0.3, -0.25) is 19.1 Å². The lowest BCUT2D eigenvalue weighted by molar-refractivity contribution is -0.137. The lowest BCUT2D eigenvalue weighted by atomic mass is 9.83. The van der Waals surface area contributed by atoms with E-state index < -0.39 is 35.2 Å².